The first-order valence-corrected chi connectivity index (χ1v) is 13.4. The molecule has 4 aliphatic carbocycles. The molecule has 8 atom stereocenters. The largest absolute Gasteiger partial charge is 0.481 e. The second kappa shape index (κ2) is 8.58. The molecule has 2 unspecified atom stereocenters. The van der Waals surface area contributed by atoms with E-state index in [1.165, 1.54) is 6.92 Å². The Bertz CT molecular complexity index is 1120. The highest BCUT2D eigenvalue weighted by atomic mass is 16.5. The summed E-state index contributed by atoms with van der Waals surface area (Å²) >= 11 is 0. The van der Waals surface area contributed by atoms with Gasteiger partial charge in [0.05, 0.1) is 11.5 Å². The Labute approximate surface area is 218 Å². The number of aliphatic carboxylic acids is 1. The van der Waals surface area contributed by atoms with E-state index >= 15 is 0 Å². The molecule has 2 N–H and O–H groups in total. The van der Waals surface area contributed by atoms with Crippen molar-refractivity contribution in [2.24, 2.45) is 39.4 Å². The molecule has 0 aromatic carbocycles. The number of ketones is 3. The summed E-state index contributed by atoms with van der Waals surface area (Å²) in [6.07, 6.45) is -0.552. The van der Waals surface area contributed by atoms with Crippen molar-refractivity contribution < 1.29 is 38.9 Å². The highest BCUT2D eigenvalue weighted by molar-refractivity contribution is 6.18. The second-order valence-electron chi connectivity index (χ2n) is 13.1. The van der Waals surface area contributed by atoms with Gasteiger partial charge in [0.1, 0.15) is 5.78 Å². The van der Waals surface area contributed by atoms with Gasteiger partial charge in [0.2, 0.25) is 5.78 Å². The highest BCUT2D eigenvalue weighted by Crippen LogP contribution is 2.70. The Morgan fingerprint density at radius 1 is 1.05 bits per heavy atom. The van der Waals surface area contributed by atoms with Crippen LogP contribution in [0.1, 0.15) is 87.0 Å². The van der Waals surface area contributed by atoms with Gasteiger partial charge < -0.3 is 14.9 Å². The van der Waals surface area contributed by atoms with Gasteiger partial charge in [-0.05, 0) is 49.4 Å². The Kier molecular flexibility index (Phi) is 6.42. The third-order valence-electron chi connectivity index (χ3n) is 11.1. The zero-order valence-electron chi connectivity index (χ0n) is 23.0. The van der Waals surface area contributed by atoms with Gasteiger partial charge in [0.25, 0.3) is 0 Å². The number of aliphatic hydroxyl groups is 1. The van der Waals surface area contributed by atoms with Gasteiger partial charge in [-0.25, -0.2) is 0 Å². The van der Waals surface area contributed by atoms with Crippen LogP contribution in [0.15, 0.2) is 11.1 Å². The summed E-state index contributed by atoms with van der Waals surface area (Å²) < 4.78 is 5.77. The van der Waals surface area contributed by atoms with Crippen molar-refractivity contribution in [2.45, 2.75) is 99.2 Å². The molecule has 4 rings (SSSR count). The van der Waals surface area contributed by atoms with Crippen molar-refractivity contribution in [3.63, 3.8) is 0 Å². The third kappa shape index (κ3) is 3.53. The number of Topliss-reactive ketones (excluding diaryl/α,β-unsaturated/α-hetero) is 3. The van der Waals surface area contributed by atoms with E-state index in [1.807, 2.05) is 27.7 Å². The number of carboxylic acid groups (broad SMARTS) is 1. The monoisotopic (exact) mass is 516 g/mol. The molecule has 2 saturated carbocycles. The lowest BCUT2D eigenvalue weighted by molar-refractivity contribution is -0.176. The molecule has 0 aromatic rings. The topological polar surface area (TPSA) is 135 Å². The van der Waals surface area contributed by atoms with E-state index in [0.29, 0.717) is 24.8 Å². The Morgan fingerprint density at radius 3 is 2.24 bits per heavy atom. The lowest BCUT2D eigenvalue weighted by atomic mass is 9.42. The van der Waals surface area contributed by atoms with Crippen LogP contribution in [0.2, 0.25) is 0 Å². The number of carbonyl (C=O) groups is 5. The van der Waals surface area contributed by atoms with E-state index in [1.54, 1.807) is 13.8 Å². The molecule has 0 radical (unpaired) electrons. The van der Waals surface area contributed by atoms with Crippen molar-refractivity contribution in [1.29, 1.82) is 0 Å². The number of hydrogen-bond acceptors (Lipinski definition) is 7. The van der Waals surface area contributed by atoms with Gasteiger partial charge in [0, 0.05) is 48.2 Å². The molecule has 8 heteroatoms. The zero-order valence-corrected chi connectivity index (χ0v) is 23.0. The highest BCUT2D eigenvalue weighted by Gasteiger charge is 2.74. The zero-order chi connectivity index (χ0) is 27.9. The summed E-state index contributed by atoms with van der Waals surface area (Å²) in [7, 11) is 0. The van der Waals surface area contributed by atoms with Crippen molar-refractivity contribution in [1.82, 2.24) is 0 Å². The summed E-state index contributed by atoms with van der Waals surface area (Å²) in [5, 5.41) is 20.0. The molecule has 0 bridgehead atoms. The number of hydrogen-bond donors (Lipinski definition) is 2. The quantitative estimate of drug-likeness (QED) is 0.529. The molecular weight excluding hydrogens is 476 g/mol. The van der Waals surface area contributed by atoms with Gasteiger partial charge in [-0.1, -0.05) is 34.6 Å². The fourth-order valence-electron chi connectivity index (χ4n) is 8.71. The summed E-state index contributed by atoms with van der Waals surface area (Å²) in [5.41, 5.74) is -3.40. The normalized spacial score (nSPS) is 41.6. The maximum atomic E-state index is 14.5. The first-order chi connectivity index (χ1) is 17.0. The Hall–Kier alpha value is -2.35. The molecule has 0 aromatic heterocycles. The van der Waals surface area contributed by atoms with Crippen LogP contribution in [0.5, 0.6) is 0 Å². The minimum absolute atomic E-state index is 0.0766. The SMILES string of the molecule is CC(=O)O[C@@H]1C(=O)C2=C(C(=O)CC3C(C)(C)[C@@H](O)CC[C@]23C)[C@]2(C)C(=O)C[C@H](C(C)CCC(=O)O)[C@@]12C. The van der Waals surface area contributed by atoms with Crippen LogP contribution in [0, 0.1) is 39.4 Å². The van der Waals surface area contributed by atoms with E-state index < -0.39 is 57.5 Å². The summed E-state index contributed by atoms with van der Waals surface area (Å²) in [6.45, 7) is 12.4. The molecule has 0 saturated heterocycles. The summed E-state index contributed by atoms with van der Waals surface area (Å²) in [5.74, 6) is -3.48. The minimum atomic E-state index is -1.36. The Balaban J connectivity index is 1.97. The van der Waals surface area contributed by atoms with Crippen LogP contribution in [0.4, 0.5) is 0 Å². The number of rotatable bonds is 5. The van der Waals surface area contributed by atoms with Crippen LogP contribution < -0.4 is 0 Å². The first-order valence-electron chi connectivity index (χ1n) is 13.4. The second-order valence-corrected chi connectivity index (χ2v) is 13.1. The third-order valence-corrected chi connectivity index (χ3v) is 11.1. The summed E-state index contributed by atoms with van der Waals surface area (Å²) in [6, 6.07) is 0. The number of carboxylic acids is 1. The number of allylic oxidation sites excluding steroid dienone is 1. The molecule has 0 aliphatic heterocycles. The number of ether oxygens (including phenoxy) is 1. The van der Waals surface area contributed by atoms with Crippen molar-refractivity contribution in [3.8, 4) is 0 Å². The molecule has 0 spiro atoms. The standard InChI is InChI=1S/C29H40O8/c1-14(8-9-21(34)35)16-12-20(33)29(7)22-17(31)13-18-26(3,4)19(32)10-11-27(18,5)23(22)24(36)25(28(16,29)6)37-15(2)30/h14,16,18-19,25,32H,8-13H2,1-7H3,(H,34,35)/t14?,16-,18?,19+,25-,27+,28+,29+/m1/s1. The van der Waals surface area contributed by atoms with E-state index in [2.05, 4.69) is 0 Å². The number of fused-ring (bicyclic) bond motifs is 4. The van der Waals surface area contributed by atoms with E-state index in [-0.39, 0.29) is 48.2 Å². The van der Waals surface area contributed by atoms with E-state index in [0.717, 1.165) is 0 Å². The van der Waals surface area contributed by atoms with Crippen molar-refractivity contribution in [3.05, 3.63) is 11.1 Å². The molecular formula is C29H40O8. The molecule has 37 heavy (non-hydrogen) atoms. The average Bonchev–Trinajstić information content (AvgIpc) is 3.01. The number of esters is 1. The lowest BCUT2D eigenvalue weighted by Crippen LogP contribution is -2.65. The minimum Gasteiger partial charge on any atom is -0.481 e. The molecule has 0 amide bonds. The van der Waals surface area contributed by atoms with Crippen molar-refractivity contribution >= 4 is 29.3 Å². The van der Waals surface area contributed by atoms with Crippen LogP contribution in [-0.2, 0) is 28.7 Å². The van der Waals surface area contributed by atoms with Gasteiger partial charge in [-0.15, -0.1) is 0 Å². The maximum Gasteiger partial charge on any atom is 0.303 e. The van der Waals surface area contributed by atoms with Crippen LogP contribution in [-0.4, -0.2) is 51.7 Å². The van der Waals surface area contributed by atoms with Gasteiger partial charge >= 0.3 is 11.9 Å². The fraction of sp³-hybridized carbons (Fsp3) is 0.759. The smallest absolute Gasteiger partial charge is 0.303 e. The Morgan fingerprint density at radius 2 is 1.68 bits per heavy atom. The predicted octanol–water partition coefficient (Wildman–Crippen LogP) is 3.68. The maximum absolute atomic E-state index is 14.5. The lowest BCUT2D eigenvalue weighted by Gasteiger charge is -2.61. The number of aliphatic hydroxyl groups excluding tert-OH is 1. The molecule has 4 aliphatic rings. The molecule has 0 heterocycles. The van der Waals surface area contributed by atoms with Gasteiger partial charge in [0.15, 0.2) is 11.9 Å². The van der Waals surface area contributed by atoms with Crippen molar-refractivity contribution in [2.75, 3.05) is 0 Å². The van der Waals surface area contributed by atoms with Crippen LogP contribution in [0.3, 0.4) is 0 Å². The average molecular weight is 517 g/mol. The van der Waals surface area contributed by atoms with Crippen LogP contribution >= 0.6 is 0 Å². The number of carbonyl (C=O) groups excluding carboxylic acids is 4. The van der Waals surface area contributed by atoms with E-state index in [4.69, 9.17) is 4.74 Å². The molecule has 8 nitrogen and oxygen atoms in total. The molecule has 204 valence electrons. The van der Waals surface area contributed by atoms with Crippen LogP contribution in [0.25, 0.3) is 0 Å². The predicted molar refractivity (Wildman–Crippen MR) is 133 cm³/mol. The first kappa shape index (κ1) is 27.7. The van der Waals surface area contributed by atoms with Gasteiger partial charge in [-0.3, -0.25) is 24.0 Å². The molecule has 2 fully saturated rings. The summed E-state index contributed by atoms with van der Waals surface area (Å²) in [4.78, 5) is 66.1. The fourth-order valence-corrected chi connectivity index (χ4v) is 8.71. The van der Waals surface area contributed by atoms with E-state index in [9.17, 15) is 34.2 Å². The van der Waals surface area contributed by atoms with Gasteiger partial charge in [-0.2, -0.15) is 0 Å².